The summed E-state index contributed by atoms with van der Waals surface area (Å²) >= 11 is 0. The van der Waals surface area contributed by atoms with Gasteiger partial charge in [-0.15, -0.1) is 0 Å². The maximum atomic E-state index is 12.6. The van der Waals surface area contributed by atoms with Crippen molar-refractivity contribution in [1.29, 1.82) is 0 Å². The zero-order valence-corrected chi connectivity index (χ0v) is 30.1. The number of hydrogen-bond donors (Lipinski definition) is 0. The summed E-state index contributed by atoms with van der Waals surface area (Å²) in [6, 6.07) is 55.9. The summed E-state index contributed by atoms with van der Waals surface area (Å²) in [4.78, 5) is 27.8. The predicted octanol–water partition coefficient (Wildman–Crippen LogP) is 11.0. The van der Waals surface area contributed by atoms with E-state index in [9.17, 15) is 4.79 Å². The highest BCUT2D eigenvalue weighted by Crippen LogP contribution is 2.37. The first-order valence-electron chi connectivity index (χ1n) is 18.2. The Labute approximate surface area is 316 Å². The number of fused-ring (bicyclic) bond motifs is 4. The second kappa shape index (κ2) is 12.9. The Morgan fingerprint density at radius 1 is 0.382 bits per heavy atom. The topological polar surface area (TPSA) is 78.7 Å². The Morgan fingerprint density at radius 3 is 1.58 bits per heavy atom. The number of hydrogen-bond acceptors (Lipinski definition) is 5. The van der Waals surface area contributed by atoms with Gasteiger partial charge in [-0.05, 0) is 81.9 Å². The number of imidazole rings is 1. The van der Waals surface area contributed by atoms with Crippen LogP contribution in [-0.4, -0.2) is 24.1 Å². The lowest BCUT2D eigenvalue weighted by molar-refractivity contribution is 0.669. The van der Waals surface area contributed by atoms with E-state index in [1.807, 2.05) is 72.8 Å². The van der Waals surface area contributed by atoms with Crippen molar-refractivity contribution >= 4 is 33.0 Å². The maximum absolute atomic E-state index is 12.6. The van der Waals surface area contributed by atoms with Crippen molar-refractivity contribution in [3.63, 3.8) is 0 Å². The van der Waals surface area contributed by atoms with Gasteiger partial charge in [0, 0.05) is 41.6 Å². The molecule has 7 aromatic carbocycles. The molecule has 7 nitrogen and oxygen atoms in total. The zero-order valence-electron chi connectivity index (χ0n) is 30.1. The number of aryl methyl sites for hydroxylation is 2. The molecule has 262 valence electrons. The fraction of sp³-hybridized carbons (Fsp3) is 0.0417. The van der Waals surface area contributed by atoms with Gasteiger partial charge in [0.2, 0.25) is 0 Å². The third kappa shape index (κ3) is 5.70. The van der Waals surface area contributed by atoms with E-state index in [2.05, 4.69) is 91.0 Å². The molecule has 0 unspecified atom stereocenters. The quantitative estimate of drug-likeness (QED) is 0.172. The molecule has 3 aromatic heterocycles. The highest BCUT2D eigenvalue weighted by molar-refractivity contribution is 6.06. The lowest BCUT2D eigenvalue weighted by atomic mass is 9.95. The molecule has 0 saturated heterocycles. The molecule has 10 aromatic rings. The summed E-state index contributed by atoms with van der Waals surface area (Å²) in [5.74, 6) is 1.75. The van der Waals surface area contributed by atoms with Crippen LogP contribution in [0.15, 0.2) is 173 Å². The molecule has 3 heterocycles. The lowest BCUT2D eigenvalue weighted by Gasteiger charge is -2.13. The molecule has 0 N–H and O–H groups in total. The molecule has 0 aliphatic carbocycles. The predicted molar refractivity (Wildman–Crippen MR) is 221 cm³/mol. The van der Waals surface area contributed by atoms with Gasteiger partial charge in [0.15, 0.2) is 17.5 Å². The fourth-order valence-electron chi connectivity index (χ4n) is 7.47. The van der Waals surface area contributed by atoms with E-state index in [0.717, 1.165) is 83.0 Å². The zero-order chi connectivity index (χ0) is 37.0. The van der Waals surface area contributed by atoms with Gasteiger partial charge in [0.05, 0.1) is 11.0 Å². The minimum atomic E-state index is -0.0450. The second-order valence-electron chi connectivity index (χ2n) is 13.8. The van der Waals surface area contributed by atoms with Gasteiger partial charge in [-0.25, -0.2) is 19.7 Å². The van der Waals surface area contributed by atoms with Crippen LogP contribution in [0, 0.1) is 0 Å². The molecule has 0 atom stereocenters. The van der Waals surface area contributed by atoms with Crippen molar-refractivity contribution in [2.75, 3.05) is 0 Å². The smallest absolute Gasteiger partial charge is 0.328 e. The van der Waals surface area contributed by atoms with Crippen LogP contribution in [0.5, 0.6) is 0 Å². The Hall–Kier alpha value is -7.38. The number of nitrogens with zero attached hydrogens (tertiary/aromatic N) is 5. The van der Waals surface area contributed by atoms with Crippen molar-refractivity contribution < 1.29 is 4.42 Å². The maximum Gasteiger partial charge on any atom is 0.328 e. The minimum Gasteiger partial charge on any atom is -0.456 e. The molecule has 0 amide bonds. The first-order valence-corrected chi connectivity index (χ1v) is 18.2. The SMILES string of the molecule is Cn1c(=O)n(C)c2cc(-c3ccc(-c4nc(-c5ccccc5)nc(-c5cc(-c6ccccc6)cc(-c6ccc7oc8ccccc8c7c6)c5)n4)cc3)ccc21. The van der Waals surface area contributed by atoms with Gasteiger partial charge in [0.1, 0.15) is 11.2 Å². The van der Waals surface area contributed by atoms with Crippen molar-refractivity contribution in [2.45, 2.75) is 0 Å². The van der Waals surface area contributed by atoms with E-state index < -0.39 is 0 Å². The standard InChI is InChI=1S/C48H33N5O2/c1-52-41-23-21-35(29-42(41)53(2)48(52)54)31-17-19-33(20-18-31)46-49-45(32-13-7-4-8-14-32)50-47(51-46)38-26-36(30-11-5-3-6-12-30)25-37(27-38)34-22-24-44-40(28-34)39-15-9-10-16-43(39)55-44/h3-29H,1-2H3. The molecule has 0 radical (unpaired) electrons. The van der Waals surface area contributed by atoms with E-state index >= 15 is 0 Å². The van der Waals surface area contributed by atoms with E-state index in [1.165, 1.54) is 0 Å². The summed E-state index contributed by atoms with van der Waals surface area (Å²) < 4.78 is 9.51. The van der Waals surface area contributed by atoms with Gasteiger partial charge >= 0.3 is 5.69 Å². The van der Waals surface area contributed by atoms with Crippen LogP contribution in [0.1, 0.15) is 0 Å². The van der Waals surface area contributed by atoms with Crippen molar-refractivity contribution in [2.24, 2.45) is 14.1 Å². The molecule has 0 fully saturated rings. The number of aromatic nitrogens is 5. The van der Waals surface area contributed by atoms with E-state index in [1.54, 1.807) is 23.2 Å². The molecule has 55 heavy (non-hydrogen) atoms. The van der Waals surface area contributed by atoms with Gasteiger partial charge < -0.3 is 4.42 Å². The molecule has 0 aliphatic heterocycles. The molecular formula is C48H33N5O2. The Bertz CT molecular complexity index is 3120. The molecule has 0 aliphatic rings. The Kier molecular flexibility index (Phi) is 7.59. The number of para-hydroxylation sites is 1. The number of rotatable bonds is 6. The van der Waals surface area contributed by atoms with Crippen LogP contribution < -0.4 is 5.69 Å². The largest absolute Gasteiger partial charge is 0.456 e. The van der Waals surface area contributed by atoms with Crippen LogP contribution >= 0.6 is 0 Å². The summed E-state index contributed by atoms with van der Waals surface area (Å²) in [5, 5.41) is 2.16. The van der Waals surface area contributed by atoms with E-state index in [0.29, 0.717) is 17.5 Å². The molecule has 10 rings (SSSR count). The highest BCUT2D eigenvalue weighted by atomic mass is 16.3. The third-order valence-electron chi connectivity index (χ3n) is 10.4. The first-order chi connectivity index (χ1) is 27.0. The monoisotopic (exact) mass is 711 g/mol. The second-order valence-corrected chi connectivity index (χ2v) is 13.8. The summed E-state index contributed by atoms with van der Waals surface area (Å²) in [5.41, 5.74) is 12.5. The minimum absolute atomic E-state index is 0.0450. The van der Waals surface area contributed by atoms with Crippen molar-refractivity contribution in [3.8, 4) is 67.5 Å². The van der Waals surface area contributed by atoms with E-state index in [4.69, 9.17) is 19.4 Å². The summed E-state index contributed by atoms with van der Waals surface area (Å²) in [6.45, 7) is 0. The molecule has 7 heteroatoms. The molecular weight excluding hydrogens is 679 g/mol. The molecule has 0 bridgehead atoms. The van der Waals surface area contributed by atoms with E-state index in [-0.39, 0.29) is 5.69 Å². The van der Waals surface area contributed by atoms with Crippen LogP contribution in [0.2, 0.25) is 0 Å². The van der Waals surface area contributed by atoms with Crippen LogP contribution in [0.25, 0.3) is 101 Å². The fourth-order valence-corrected chi connectivity index (χ4v) is 7.47. The number of furan rings is 1. The van der Waals surface area contributed by atoms with Gasteiger partial charge in [-0.1, -0.05) is 115 Å². The summed E-state index contributed by atoms with van der Waals surface area (Å²) in [6.07, 6.45) is 0. The Balaban J connectivity index is 1.11. The average molecular weight is 712 g/mol. The van der Waals surface area contributed by atoms with Crippen molar-refractivity contribution in [3.05, 3.63) is 174 Å². The van der Waals surface area contributed by atoms with Gasteiger partial charge in [-0.2, -0.15) is 0 Å². The van der Waals surface area contributed by atoms with Crippen molar-refractivity contribution in [1.82, 2.24) is 24.1 Å². The average Bonchev–Trinajstić information content (AvgIpc) is 3.73. The molecule has 0 saturated carbocycles. The highest BCUT2D eigenvalue weighted by Gasteiger charge is 2.17. The third-order valence-corrected chi connectivity index (χ3v) is 10.4. The van der Waals surface area contributed by atoms with Crippen LogP contribution in [0.3, 0.4) is 0 Å². The van der Waals surface area contributed by atoms with Crippen LogP contribution in [-0.2, 0) is 14.1 Å². The molecule has 0 spiro atoms. The Morgan fingerprint density at radius 2 is 0.855 bits per heavy atom. The lowest BCUT2D eigenvalue weighted by Crippen LogP contribution is -2.19. The first kappa shape index (κ1) is 32.3. The van der Waals surface area contributed by atoms with Gasteiger partial charge in [0.25, 0.3) is 0 Å². The van der Waals surface area contributed by atoms with Gasteiger partial charge in [-0.3, -0.25) is 9.13 Å². The number of benzene rings is 7. The normalized spacial score (nSPS) is 11.5. The van der Waals surface area contributed by atoms with Crippen LogP contribution in [0.4, 0.5) is 0 Å². The summed E-state index contributed by atoms with van der Waals surface area (Å²) in [7, 11) is 3.60.